The molecule has 0 amide bonds. The fraction of sp³-hybridized carbons (Fsp3) is 0.643. The lowest BCUT2D eigenvalue weighted by molar-refractivity contribution is -0.112. The number of hydrogen-bond acceptors (Lipinski definition) is 1. The van der Waals surface area contributed by atoms with E-state index in [9.17, 15) is 4.79 Å². The van der Waals surface area contributed by atoms with Crippen LogP contribution in [0.3, 0.4) is 0 Å². The van der Waals surface area contributed by atoms with Crippen LogP contribution in [0.15, 0.2) is 24.3 Å². The van der Waals surface area contributed by atoms with E-state index in [1.165, 1.54) is 31.3 Å². The smallest absolute Gasteiger partial charge is 0.152 e. The second kappa shape index (κ2) is 4.78. The molecule has 0 aromatic carbocycles. The van der Waals surface area contributed by atoms with E-state index < -0.39 is 0 Å². The van der Waals surface area contributed by atoms with E-state index in [4.69, 9.17) is 0 Å². The molecule has 1 aliphatic carbocycles. The molecule has 1 fully saturated rings. The van der Waals surface area contributed by atoms with Gasteiger partial charge in [0.05, 0.1) is 0 Å². The minimum absolute atomic E-state index is 0.0160. The van der Waals surface area contributed by atoms with Crippen molar-refractivity contribution in [2.24, 2.45) is 11.3 Å². The van der Waals surface area contributed by atoms with Gasteiger partial charge in [-0.15, -0.1) is 0 Å². The highest BCUT2D eigenvalue weighted by Crippen LogP contribution is 2.45. The minimum atomic E-state index is 0.0160. The van der Waals surface area contributed by atoms with E-state index >= 15 is 0 Å². The maximum absolute atomic E-state index is 11.0. The molecule has 0 N–H and O–H groups in total. The van der Waals surface area contributed by atoms with Crippen LogP contribution in [0.4, 0.5) is 0 Å². The molecule has 1 rings (SSSR count). The Balaban J connectivity index is 2.86. The van der Waals surface area contributed by atoms with Crippen molar-refractivity contribution in [2.45, 2.75) is 46.5 Å². The van der Waals surface area contributed by atoms with Crippen molar-refractivity contribution in [2.75, 3.05) is 0 Å². The average Bonchev–Trinajstić information content (AvgIpc) is 2.66. The van der Waals surface area contributed by atoms with Crippen LogP contribution >= 0.6 is 0 Å². The maximum Gasteiger partial charge on any atom is 0.152 e. The summed E-state index contributed by atoms with van der Waals surface area (Å²) in [6.07, 6.45) is 8.95. The highest BCUT2D eigenvalue weighted by atomic mass is 16.1. The summed E-state index contributed by atoms with van der Waals surface area (Å²) < 4.78 is 0. The Morgan fingerprint density at radius 2 is 1.87 bits per heavy atom. The average molecular weight is 206 g/mol. The zero-order chi connectivity index (χ0) is 11.5. The predicted octanol–water partition coefficient (Wildman–Crippen LogP) is 3.90. The number of allylic oxidation sites excluding steroid dienone is 3. The van der Waals surface area contributed by atoms with Gasteiger partial charge in [-0.3, -0.25) is 4.79 Å². The first kappa shape index (κ1) is 12.2. The molecule has 0 saturated heterocycles. The Hall–Kier alpha value is -0.850. The van der Waals surface area contributed by atoms with Crippen molar-refractivity contribution in [1.82, 2.24) is 0 Å². The molecule has 1 saturated carbocycles. The van der Waals surface area contributed by atoms with Crippen molar-refractivity contribution in [3.05, 3.63) is 24.3 Å². The highest BCUT2D eigenvalue weighted by Gasteiger charge is 2.34. The monoisotopic (exact) mass is 206 g/mol. The van der Waals surface area contributed by atoms with Crippen molar-refractivity contribution in [1.29, 1.82) is 0 Å². The lowest BCUT2D eigenvalue weighted by Crippen LogP contribution is -2.24. The summed E-state index contributed by atoms with van der Waals surface area (Å²) in [4.78, 5) is 11.0. The van der Waals surface area contributed by atoms with Gasteiger partial charge in [0.1, 0.15) is 0 Å². The van der Waals surface area contributed by atoms with E-state index in [0.29, 0.717) is 5.92 Å². The summed E-state index contributed by atoms with van der Waals surface area (Å²) in [7, 11) is 0. The molecule has 1 nitrogen and oxygen atoms in total. The number of carbonyl (C=O) groups excluding carboxylic acids is 1. The van der Waals surface area contributed by atoms with Gasteiger partial charge in [0.25, 0.3) is 0 Å². The maximum atomic E-state index is 11.0. The van der Waals surface area contributed by atoms with Gasteiger partial charge >= 0.3 is 0 Å². The predicted molar refractivity (Wildman–Crippen MR) is 64.7 cm³/mol. The first-order valence-electron chi connectivity index (χ1n) is 5.82. The third-order valence-corrected chi connectivity index (χ3v) is 3.79. The van der Waals surface area contributed by atoms with Crippen molar-refractivity contribution < 1.29 is 4.79 Å². The fourth-order valence-electron chi connectivity index (χ4n) is 2.44. The second-order valence-electron chi connectivity index (χ2n) is 4.99. The quantitative estimate of drug-likeness (QED) is 0.503. The largest absolute Gasteiger partial charge is 0.295 e. The van der Waals surface area contributed by atoms with Gasteiger partial charge in [-0.05, 0) is 38.7 Å². The topological polar surface area (TPSA) is 17.1 Å². The molecule has 1 atom stereocenters. The second-order valence-corrected chi connectivity index (χ2v) is 4.99. The molecule has 84 valence electrons. The molecule has 0 heterocycles. The van der Waals surface area contributed by atoms with E-state index in [2.05, 4.69) is 26.5 Å². The van der Waals surface area contributed by atoms with Crippen LogP contribution in [0.1, 0.15) is 46.5 Å². The molecule has 15 heavy (non-hydrogen) atoms. The van der Waals surface area contributed by atoms with Crippen molar-refractivity contribution in [3.8, 4) is 0 Å². The number of carbonyl (C=O) groups is 1. The molecular formula is C14H22O. The molecule has 0 aromatic rings. The Bertz CT molecular complexity index is 282. The molecule has 0 aliphatic heterocycles. The minimum Gasteiger partial charge on any atom is -0.295 e. The summed E-state index contributed by atoms with van der Waals surface area (Å²) in [6.45, 7) is 9.97. The zero-order valence-electron chi connectivity index (χ0n) is 10.2. The Morgan fingerprint density at radius 3 is 2.27 bits per heavy atom. The van der Waals surface area contributed by atoms with Gasteiger partial charge in [-0.25, -0.2) is 0 Å². The fourth-order valence-corrected chi connectivity index (χ4v) is 2.44. The van der Waals surface area contributed by atoms with Gasteiger partial charge in [0.15, 0.2) is 5.78 Å². The Kier molecular flexibility index (Phi) is 3.90. The standard InChI is InChI=1S/C14H22O/c1-11(2)14(4,10-9-12(3)15)13-7-5-6-8-13/h9-10,13H,1,5-8H2,2-4H3. The molecule has 1 unspecified atom stereocenters. The van der Waals surface area contributed by atoms with Gasteiger partial charge in [0.2, 0.25) is 0 Å². The number of hydrogen-bond donors (Lipinski definition) is 0. The van der Waals surface area contributed by atoms with E-state index in [1.807, 2.05) is 0 Å². The van der Waals surface area contributed by atoms with Crippen LogP contribution in [0.25, 0.3) is 0 Å². The van der Waals surface area contributed by atoms with E-state index in [1.54, 1.807) is 13.0 Å². The van der Waals surface area contributed by atoms with Crippen LogP contribution in [-0.4, -0.2) is 5.78 Å². The van der Waals surface area contributed by atoms with E-state index in [0.717, 1.165) is 0 Å². The van der Waals surface area contributed by atoms with Crippen molar-refractivity contribution >= 4 is 5.78 Å². The SMILES string of the molecule is C=C(C)C(C)(C=CC(C)=O)C1CCCC1. The van der Waals surface area contributed by atoms with Crippen LogP contribution in [0.5, 0.6) is 0 Å². The molecule has 0 spiro atoms. The number of rotatable bonds is 4. The van der Waals surface area contributed by atoms with Gasteiger partial charge < -0.3 is 0 Å². The van der Waals surface area contributed by atoms with E-state index in [-0.39, 0.29) is 11.2 Å². The summed E-state index contributed by atoms with van der Waals surface area (Å²) >= 11 is 0. The summed E-state index contributed by atoms with van der Waals surface area (Å²) in [5.74, 6) is 0.797. The third kappa shape index (κ3) is 2.80. The molecule has 0 radical (unpaired) electrons. The first-order valence-corrected chi connectivity index (χ1v) is 5.82. The summed E-state index contributed by atoms with van der Waals surface area (Å²) in [6, 6.07) is 0. The summed E-state index contributed by atoms with van der Waals surface area (Å²) in [5, 5.41) is 0. The first-order chi connectivity index (χ1) is 6.97. The third-order valence-electron chi connectivity index (χ3n) is 3.79. The van der Waals surface area contributed by atoms with Crippen LogP contribution < -0.4 is 0 Å². The molecular weight excluding hydrogens is 184 g/mol. The van der Waals surface area contributed by atoms with Crippen molar-refractivity contribution in [3.63, 3.8) is 0 Å². The normalized spacial score (nSPS) is 21.8. The van der Waals surface area contributed by atoms with Crippen LogP contribution in [0, 0.1) is 11.3 Å². The van der Waals surface area contributed by atoms with Crippen LogP contribution in [-0.2, 0) is 4.79 Å². The lowest BCUT2D eigenvalue weighted by atomic mass is 9.71. The Labute approximate surface area is 93.3 Å². The Morgan fingerprint density at radius 1 is 1.33 bits per heavy atom. The van der Waals surface area contributed by atoms with Gasteiger partial charge in [-0.1, -0.05) is 38.0 Å². The lowest BCUT2D eigenvalue weighted by Gasteiger charge is -2.33. The summed E-state index contributed by atoms with van der Waals surface area (Å²) in [5.41, 5.74) is 1.19. The highest BCUT2D eigenvalue weighted by molar-refractivity contribution is 5.87. The molecule has 1 heteroatoms. The van der Waals surface area contributed by atoms with Gasteiger partial charge in [0, 0.05) is 5.41 Å². The molecule has 0 bridgehead atoms. The molecule has 0 aromatic heterocycles. The van der Waals surface area contributed by atoms with Crippen LogP contribution in [0.2, 0.25) is 0 Å². The molecule has 1 aliphatic rings. The number of ketones is 1. The van der Waals surface area contributed by atoms with Gasteiger partial charge in [-0.2, -0.15) is 0 Å². The zero-order valence-corrected chi connectivity index (χ0v) is 10.2.